The van der Waals surface area contributed by atoms with Crippen LogP contribution in [0.1, 0.15) is 46.0 Å². The van der Waals surface area contributed by atoms with Crippen LogP contribution in [0.2, 0.25) is 0 Å². The van der Waals surface area contributed by atoms with Crippen LogP contribution in [-0.2, 0) is 4.79 Å². The van der Waals surface area contributed by atoms with Gasteiger partial charge in [-0.15, -0.1) is 0 Å². The monoisotopic (exact) mass is 272 g/mol. The van der Waals surface area contributed by atoms with Gasteiger partial charge >= 0.3 is 0 Å². The molecule has 1 aliphatic carbocycles. The van der Waals surface area contributed by atoms with Crippen molar-refractivity contribution >= 4 is 5.91 Å². The molecule has 1 fully saturated rings. The molecular weight excluding hydrogens is 250 g/mol. The summed E-state index contributed by atoms with van der Waals surface area (Å²) < 4.78 is 26.2. The van der Waals surface area contributed by atoms with E-state index in [0.29, 0.717) is 25.4 Å². The number of amides is 1. The van der Waals surface area contributed by atoms with E-state index in [2.05, 4.69) is 0 Å². The van der Waals surface area contributed by atoms with Gasteiger partial charge in [0.1, 0.15) is 0 Å². The fourth-order valence-corrected chi connectivity index (χ4v) is 2.46. The first kappa shape index (κ1) is 15.9. The first-order valence-electron chi connectivity index (χ1n) is 6.89. The molecule has 1 saturated carbocycles. The molecule has 0 N–H and O–H groups in total. The molecule has 0 saturated heterocycles. The fourth-order valence-electron chi connectivity index (χ4n) is 2.46. The van der Waals surface area contributed by atoms with Crippen LogP contribution >= 0.6 is 0 Å². The third kappa shape index (κ3) is 5.14. The Hall–Kier alpha value is -1.18. The summed E-state index contributed by atoms with van der Waals surface area (Å²) in [4.78, 5) is 14.0. The molecule has 108 valence electrons. The summed E-state index contributed by atoms with van der Waals surface area (Å²) in [6, 6.07) is 2.03. The smallest absolute Gasteiger partial charge is 0.248 e. The lowest BCUT2D eigenvalue weighted by atomic mass is 9.85. The first-order chi connectivity index (χ1) is 8.85. The lowest BCUT2D eigenvalue weighted by Crippen LogP contribution is -2.41. The van der Waals surface area contributed by atoms with Crippen LogP contribution in [0.4, 0.5) is 8.78 Å². The molecule has 0 aromatic rings. The van der Waals surface area contributed by atoms with E-state index in [1.165, 1.54) is 0 Å². The van der Waals surface area contributed by atoms with E-state index in [1.54, 1.807) is 4.90 Å². The number of carbonyl (C=O) groups excluding carboxylic acids is 1. The van der Waals surface area contributed by atoms with E-state index in [9.17, 15) is 13.6 Å². The lowest BCUT2D eigenvalue weighted by Gasteiger charge is -2.32. The quantitative estimate of drug-likeness (QED) is 0.771. The van der Waals surface area contributed by atoms with Gasteiger partial charge in [-0.2, -0.15) is 5.26 Å². The van der Waals surface area contributed by atoms with Crippen molar-refractivity contribution in [3.8, 4) is 6.07 Å². The van der Waals surface area contributed by atoms with Crippen molar-refractivity contribution in [3.05, 3.63) is 0 Å². The predicted molar refractivity (Wildman–Crippen MR) is 68.6 cm³/mol. The summed E-state index contributed by atoms with van der Waals surface area (Å²) in [5.41, 5.74) is 0. The van der Waals surface area contributed by atoms with E-state index >= 15 is 0 Å². The molecular formula is C14H22F2N2O. The highest BCUT2D eigenvalue weighted by atomic mass is 19.3. The van der Waals surface area contributed by atoms with E-state index in [1.807, 2.05) is 19.9 Å². The number of hydrogen-bond acceptors (Lipinski definition) is 2. The molecule has 1 rings (SSSR count). The van der Waals surface area contributed by atoms with Gasteiger partial charge in [-0.25, -0.2) is 8.78 Å². The number of halogens is 2. The standard InChI is InChI=1S/C14H22F2N2O/c1-11(2)10-18(9-3-8-17)13(19)12-4-6-14(15,16)7-5-12/h11-12H,3-7,9-10H2,1-2H3. The topological polar surface area (TPSA) is 44.1 Å². The minimum absolute atomic E-state index is 0.0561. The van der Waals surface area contributed by atoms with Gasteiger partial charge in [-0.3, -0.25) is 4.79 Å². The van der Waals surface area contributed by atoms with Crippen molar-refractivity contribution in [2.45, 2.75) is 51.9 Å². The SMILES string of the molecule is CC(C)CN(CCC#N)C(=O)C1CCC(F)(F)CC1. The van der Waals surface area contributed by atoms with Crippen molar-refractivity contribution in [2.24, 2.45) is 11.8 Å². The number of hydrogen-bond donors (Lipinski definition) is 0. The minimum Gasteiger partial charge on any atom is -0.341 e. The Labute approximate surface area is 113 Å². The number of alkyl halides is 2. The maximum atomic E-state index is 13.1. The van der Waals surface area contributed by atoms with Gasteiger partial charge in [-0.1, -0.05) is 13.8 Å². The van der Waals surface area contributed by atoms with Gasteiger partial charge in [0.25, 0.3) is 0 Å². The molecule has 0 atom stereocenters. The fraction of sp³-hybridized carbons (Fsp3) is 0.857. The van der Waals surface area contributed by atoms with Crippen molar-refractivity contribution in [2.75, 3.05) is 13.1 Å². The Kier molecular flexibility index (Phi) is 5.71. The zero-order valence-electron chi connectivity index (χ0n) is 11.7. The Balaban J connectivity index is 2.58. The summed E-state index contributed by atoms with van der Waals surface area (Å²) in [6.07, 6.45) is 0.412. The molecule has 19 heavy (non-hydrogen) atoms. The molecule has 0 bridgehead atoms. The third-order valence-corrected chi connectivity index (χ3v) is 3.46. The van der Waals surface area contributed by atoms with Gasteiger partial charge in [0.05, 0.1) is 12.5 Å². The van der Waals surface area contributed by atoms with Gasteiger partial charge in [0, 0.05) is 31.8 Å². The summed E-state index contributed by atoms with van der Waals surface area (Å²) in [5, 5.41) is 8.62. The van der Waals surface area contributed by atoms with Gasteiger partial charge < -0.3 is 4.90 Å². The second kappa shape index (κ2) is 6.83. The first-order valence-corrected chi connectivity index (χ1v) is 6.89. The minimum atomic E-state index is -2.60. The molecule has 0 aromatic heterocycles. The lowest BCUT2D eigenvalue weighted by molar-refractivity contribution is -0.140. The third-order valence-electron chi connectivity index (χ3n) is 3.46. The maximum Gasteiger partial charge on any atom is 0.248 e. The van der Waals surface area contributed by atoms with Crippen molar-refractivity contribution < 1.29 is 13.6 Å². The summed E-state index contributed by atoms with van der Waals surface area (Å²) in [6.45, 7) is 5.00. The average molecular weight is 272 g/mol. The Morgan fingerprint density at radius 1 is 1.42 bits per heavy atom. The molecule has 1 amide bonds. The summed E-state index contributed by atoms with van der Waals surface area (Å²) in [7, 11) is 0. The van der Waals surface area contributed by atoms with Gasteiger partial charge in [0.15, 0.2) is 0 Å². The Bertz CT molecular complexity index is 340. The highest BCUT2D eigenvalue weighted by molar-refractivity contribution is 5.79. The van der Waals surface area contributed by atoms with Crippen molar-refractivity contribution in [1.82, 2.24) is 4.90 Å². The van der Waals surface area contributed by atoms with Crippen molar-refractivity contribution in [3.63, 3.8) is 0 Å². The average Bonchev–Trinajstić information content (AvgIpc) is 2.33. The normalized spacial score (nSPS) is 19.2. The number of nitrogens with zero attached hydrogens (tertiary/aromatic N) is 2. The second-order valence-corrected chi connectivity index (χ2v) is 5.72. The van der Waals surface area contributed by atoms with Gasteiger partial charge in [0.2, 0.25) is 11.8 Å². The number of carbonyl (C=O) groups is 1. The maximum absolute atomic E-state index is 13.1. The van der Waals surface area contributed by atoms with Crippen LogP contribution in [0, 0.1) is 23.2 Å². The summed E-state index contributed by atoms with van der Waals surface area (Å²) >= 11 is 0. The van der Waals surface area contributed by atoms with Crippen LogP contribution in [0.3, 0.4) is 0 Å². The molecule has 0 radical (unpaired) electrons. The Morgan fingerprint density at radius 3 is 2.47 bits per heavy atom. The number of rotatable bonds is 5. The molecule has 5 heteroatoms. The van der Waals surface area contributed by atoms with Crippen LogP contribution in [0.5, 0.6) is 0 Å². The zero-order chi connectivity index (χ0) is 14.5. The molecule has 0 heterocycles. The predicted octanol–water partition coefficient (Wildman–Crippen LogP) is 3.21. The van der Waals surface area contributed by atoms with E-state index < -0.39 is 5.92 Å². The van der Waals surface area contributed by atoms with E-state index in [0.717, 1.165) is 0 Å². The number of nitriles is 1. The molecule has 1 aliphatic rings. The van der Waals surface area contributed by atoms with Crippen LogP contribution in [-0.4, -0.2) is 29.8 Å². The zero-order valence-corrected chi connectivity index (χ0v) is 11.7. The molecule has 0 spiro atoms. The molecule has 0 aliphatic heterocycles. The largest absolute Gasteiger partial charge is 0.341 e. The van der Waals surface area contributed by atoms with E-state index in [-0.39, 0.29) is 37.5 Å². The van der Waals surface area contributed by atoms with Crippen LogP contribution in [0.25, 0.3) is 0 Å². The van der Waals surface area contributed by atoms with Crippen LogP contribution in [0.15, 0.2) is 0 Å². The van der Waals surface area contributed by atoms with E-state index in [4.69, 9.17) is 5.26 Å². The molecule has 0 aromatic carbocycles. The second-order valence-electron chi connectivity index (χ2n) is 5.72. The highest BCUT2D eigenvalue weighted by Gasteiger charge is 2.38. The van der Waals surface area contributed by atoms with Crippen LogP contribution < -0.4 is 0 Å². The molecule has 0 unspecified atom stereocenters. The van der Waals surface area contributed by atoms with Crippen molar-refractivity contribution in [1.29, 1.82) is 5.26 Å². The summed E-state index contributed by atoms with van der Waals surface area (Å²) in [5.74, 6) is -2.64. The van der Waals surface area contributed by atoms with Gasteiger partial charge in [-0.05, 0) is 18.8 Å². The molecule has 3 nitrogen and oxygen atoms in total. The Morgan fingerprint density at radius 2 is 2.00 bits per heavy atom. The highest BCUT2D eigenvalue weighted by Crippen LogP contribution is 2.36.